The van der Waals surface area contributed by atoms with Crippen LogP contribution in [-0.4, -0.2) is 65.5 Å². The van der Waals surface area contributed by atoms with Crippen molar-refractivity contribution >= 4 is 50.1 Å². The maximum absolute atomic E-state index is 12.5. The monoisotopic (exact) mass is 422 g/mol. The van der Waals surface area contributed by atoms with Crippen LogP contribution >= 0.6 is 23.1 Å². The third-order valence-corrected chi connectivity index (χ3v) is 7.60. The van der Waals surface area contributed by atoms with Gasteiger partial charge in [0, 0.05) is 6.54 Å². The van der Waals surface area contributed by atoms with Crippen molar-refractivity contribution in [3.05, 3.63) is 0 Å². The highest BCUT2D eigenvalue weighted by molar-refractivity contribution is 8.01. The predicted molar refractivity (Wildman–Crippen MR) is 99.7 cm³/mol. The summed E-state index contributed by atoms with van der Waals surface area (Å²) in [4.78, 5) is 23.8. The molecule has 1 saturated heterocycles. The average molecular weight is 423 g/mol. The van der Waals surface area contributed by atoms with Crippen LogP contribution in [0.5, 0.6) is 0 Å². The zero-order chi connectivity index (χ0) is 19.2. The Balaban J connectivity index is 1.94. The van der Waals surface area contributed by atoms with Crippen molar-refractivity contribution in [2.45, 2.75) is 43.5 Å². The van der Waals surface area contributed by atoms with Crippen molar-refractivity contribution < 1.29 is 22.7 Å². The molecule has 1 aromatic rings. The molecule has 0 unspecified atom stereocenters. The number of anilines is 1. The van der Waals surface area contributed by atoms with Crippen molar-refractivity contribution in [2.75, 3.05) is 30.0 Å². The molecule has 0 radical (unpaired) electrons. The van der Waals surface area contributed by atoms with Crippen LogP contribution in [0.15, 0.2) is 4.34 Å². The lowest BCUT2D eigenvalue weighted by Gasteiger charge is -2.22. The number of carbonyl (C=O) groups is 2. The van der Waals surface area contributed by atoms with E-state index in [0.29, 0.717) is 36.8 Å². The number of aromatic nitrogens is 2. The fourth-order valence-corrected chi connectivity index (χ4v) is 5.84. The van der Waals surface area contributed by atoms with Crippen LogP contribution in [0, 0.1) is 0 Å². The van der Waals surface area contributed by atoms with E-state index in [4.69, 9.17) is 4.74 Å². The number of ether oxygens (including phenoxy) is 1. The molecule has 0 aliphatic carbocycles. The van der Waals surface area contributed by atoms with Gasteiger partial charge >= 0.3 is 5.97 Å². The Kier molecular flexibility index (Phi) is 7.80. The second-order valence-corrected chi connectivity index (χ2v) is 9.78. The summed E-state index contributed by atoms with van der Waals surface area (Å²) < 4.78 is 31.2. The Morgan fingerprint density at radius 3 is 2.85 bits per heavy atom. The van der Waals surface area contributed by atoms with E-state index >= 15 is 0 Å². The zero-order valence-corrected chi connectivity index (χ0v) is 17.1. The Labute approximate surface area is 160 Å². The van der Waals surface area contributed by atoms with E-state index in [-0.39, 0.29) is 22.6 Å². The minimum Gasteiger partial charge on any atom is -0.465 e. The molecule has 26 heavy (non-hydrogen) atoms. The fourth-order valence-electron chi connectivity index (χ4n) is 2.54. The first-order valence-electron chi connectivity index (χ1n) is 8.29. The first kappa shape index (κ1) is 21.1. The molecule has 1 aliphatic heterocycles. The summed E-state index contributed by atoms with van der Waals surface area (Å²) in [6.45, 7) is 4.19. The largest absolute Gasteiger partial charge is 0.465 e. The molecule has 0 aromatic carbocycles. The van der Waals surface area contributed by atoms with E-state index < -0.39 is 22.0 Å². The first-order chi connectivity index (χ1) is 12.4. The summed E-state index contributed by atoms with van der Waals surface area (Å²) in [7, 11) is -3.43. The van der Waals surface area contributed by atoms with Gasteiger partial charge in [0.1, 0.15) is 6.04 Å². The molecule has 1 fully saturated rings. The van der Waals surface area contributed by atoms with Crippen LogP contribution in [0.4, 0.5) is 5.13 Å². The first-order valence-corrected chi connectivity index (χ1v) is 11.7. The zero-order valence-electron chi connectivity index (χ0n) is 14.6. The molecule has 1 amide bonds. The molecule has 146 valence electrons. The maximum Gasteiger partial charge on any atom is 0.316 e. The second kappa shape index (κ2) is 9.62. The van der Waals surface area contributed by atoms with Crippen molar-refractivity contribution in [2.24, 2.45) is 0 Å². The molecule has 1 aromatic heterocycles. The molecule has 0 bridgehead atoms. The maximum atomic E-state index is 12.5. The highest BCUT2D eigenvalue weighted by atomic mass is 32.2. The molecule has 12 heteroatoms. The van der Waals surface area contributed by atoms with E-state index in [1.54, 1.807) is 13.8 Å². The molecular formula is C14H22N4O5S3. The summed E-state index contributed by atoms with van der Waals surface area (Å²) >= 11 is 2.30. The second-order valence-electron chi connectivity index (χ2n) is 5.54. The van der Waals surface area contributed by atoms with Crippen LogP contribution in [0.1, 0.15) is 33.1 Å². The highest BCUT2D eigenvalue weighted by Gasteiger charge is 2.38. The van der Waals surface area contributed by atoms with Crippen molar-refractivity contribution in [3.8, 4) is 0 Å². The van der Waals surface area contributed by atoms with Gasteiger partial charge in [0.15, 0.2) is 4.34 Å². The number of carbonyl (C=O) groups excluding carboxylic acids is 2. The quantitative estimate of drug-likeness (QED) is 0.360. The molecule has 2 heterocycles. The van der Waals surface area contributed by atoms with Gasteiger partial charge in [-0.2, -0.15) is 4.31 Å². The summed E-state index contributed by atoms with van der Waals surface area (Å²) in [5, 5.41) is 10.7. The average Bonchev–Trinajstić information content (AvgIpc) is 3.22. The Hall–Kier alpha value is -1.24. The molecule has 1 N–H and O–H groups in total. The standard InChI is InChI=1S/C14H22N4O5S3/c1-3-8-26(21,22)18-7-5-6-10(18)12(20)15-13-16-17-14(25-13)24-9-11(19)23-4-2/h10H,3-9H2,1-2H3,(H,15,16,20)/t10-/m1/s1. The van der Waals surface area contributed by atoms with Crippen LogP contribution in [-0.2, 0) is 24.3 Å². The Bertz CT molecular complexity index is 737. The number of esters is 1. The number of thioether (sulfide) groups is 1. The van der Waals surface area contributed by atoms with Crippen LogP contribution in [0.25, 0.3) is 0 Å². The van der Waals surface area contributed by atoms with Gasteiger partial charge in [0.05, 0.1) is 18.1 Å². The highest BCUT2D eigenvalue weighted by Crippen LogP contribution is 2.27. The Morgan fingerprint density at radius 2 is 2.15 bits per heavy atom. The normalized spacial score (nSPS) is 18.0. The minimum atomic E-state index is -3.43. The van der Waals surface area contributed by atoms with E-state index in [9.17, 15) is 18.0 Å². The summed E-state index contributed by atoms with van der Waals surface area (Å²) in [6.07, 6.45) is 1.64. The van der Waals surface area contributed by atoms with E-state index in [2.05, 4.69) is 15.5 Å². The third kappa shape index (κ3) is 5.63. The molecule has 0 spiro atoms. The van der Waals surface area contributed by atoms with E-state index in [0.717, 1.165) is 11.3 Å². The lowest BCUT2D eigenvalue weighted by atomic mass is 10.2. The van der Waals surface area contributed by atoms with Crippen LogP contribution < -0.4 is 5.32 Å². The number of hydrogen-bond acceptors (Lipinski definition) is 9. The lowest BCUT2D eigenvalue weighted by Crippen LogP contribution is -2.44. The van der Waals surface area contributed by atoms with Crippen molar-refractivity contribution in [1.82, 2.24) is 14.5 Å². The van der Waals surface area contributed by atoms with Gasteiger partial charge in [0.2, 0.25) is 21.1 Å². The molecule has 2 rings (SSSR count). The summed E-state index contributed by atoms with van der Waals surface area (Å²) in [5.41, 5.74) is 0. The van der Waals surface area contributed by atoms with Gasteiger partial charge in [-0.25, -0.2) is 8.42 Å². The fraction of sp³-hybridized carbons (Fsp3) is 0.714. The number of sulfonamides is 1. The predicted octanol–water partition coefficient (Wildman–Crippen LogP) is 1.34. The summed E-state index contributed by atoms with van der Waals surface area (Å²) in [6, 6.07) is -0.717. The Morgan fingerprint density at radius 1 is 1.38 bits per heavy atom. The summed E-state index contributed by atoms with van der Waals surface area (Å²) in [5.74, 6) is -0.604. The molecule has 0 saturated carbocycles. The van der Waals surface area contributed by atoms with Crippen LogP contribution in [0.3, 0.4) is 0 Å². The molecule has 1 atom stereocenters. The minimum absolute atomic E-state index is 0.0320. The number of rotatable bonds is 9. The van der Waals surface area contributed by atoms with Gasteiger partial charge in [-0.3, -0.25) is 14.9 Å². The van der Waals surface area contributed by atoms with Gasteiger partial charge in [0.25, 0.3) is 0 Å². The molecule has 9 nitrogen and oxygen atoms in total. The topological polar surface area (TPSA) is 119 Å². The van der Waals surface area contributed by atoms with Crippen LogP contribution in [0.2, 0.25) is 0 Å². The van der Waals surface area contributed by atoms with Crippen molar-refractivity contribution in [3.63, 3.8) is 0 Å². The van der Waals surface area contributed by atoms with Gasteiger partial charge in [-0.15, -0.1) is 10.2 Å². The third-order valence-electron chi connectivity index (χ3n) is 3.58. The van der Waals surface area contributed by atoms with Gasteiger partial charge in [-0.05, 0) is 26.2 Å². The molecule has 1 aliphatic rings. The lowest BCUT2D eigenvalue weighted by molar-refractivity contribution is -0.139. The van der Waals surface area contributed by atoms with Gasteiger partial charge in [-0.1, -0.05) is 30.0 Å². The SMILES string of the molecule is CCCS(=O)(=O)N1CCC[C@@H]1C(=O)Nc1nnc(SCC(=O)OCC)s1. The van der Waals surface area contributed by atoms with E-state index in [1.807, 2.05) is 0 Å². The number of amides is 1. The number of nitrogens with one attached hydrogen (secondary N) is 1. The number of nitrogens with zero attached hydrogens (tertiary/aromatic N) is 3. The van der Waals surface area contributed by atoms with E-state index in [1.165, 1.54) is 16.1 Å². The number of hydrogen-bond donors (Lipinski definition) is 1. The molecular weight excluding hydrogens is 400 g/mol. The smallest absolute Gasteiger partial charge is 0.316 e. The van der Waals surface area contributed by atoms with Crippen molar-refractivity contribution in [1.29, 1.82) is 0 Å². The van der Waals surface area contributed by atoms with Gasteiger partial charge < -0.3 is 4.74 Å².